The van der Waals surface area contributed by atoms with Crippen molar-refractivity contribution < 1.29 is 4.74 Å². The number of H-pyrrole nitrogens is 1. The maximum absolute atomic E-state index is 5.93. The van der Waals surface area contributed by atoms with Gasteiger partial charge in [0.1, 0.15) is 11.3 Å². The normalized spacial score (nSPS) is 10.8. The monoisotopic (exact) mass is 337 g/mol. The molecule has 3 rings (SSSR count). The van der Waals surface area contributed by atoms with Crippen LogP contribution in [-0.2, 0) is 0 Å². The second-order valence-corrected chi connectivity index (χ2v) is 5.17. The number of para-hydroxylation sites is 2. The number of nitrogens with one attached hydrogen (secondary N) is 2. The number of hydrogen-bond donors (Lipinski definition) is 2. The Morgan fingerprint density at radius 3 is 2.95 bits per heavy atom. The quantitative estimate of drug-likeness (QED) is 0.407. The summed E-state index contributed by atoms with van der Waals surface area (Å²) >= 11 is 11.6. The van der Waals surface area contributed by atoms with Crippen molar-refractivity contribution in [1.29, 1.82) is 0 Å². The highest BCUT2D eigenvalue weighted by atomic mass is 35.5. The lowest BCUT2D eigenvalue weighted by atomic mass is 10.3. The summed E-state index contributed by atoms with van der Waals surface area (Å²) < 4.78 is 5.72. The van der Waals surface area contributed by atoms with Crippen molar-refractivity contribution in [3.05, 3.63) is 35.9 Å². The summed E-state index contributed by atoms with van der Waals surface area (Å²) in [7, 11) is 0. The van der Waals surface area contributed by atoms with Gasteiger partial charge in [0.25, 0.3) is 0 Å². The summed E-state index contributed by atoms with van der Waals surface area (Å²) in [6, 6.07) is 7.58. The molecule has 0 saturated carbocycles. The molecule has 0 unspecified atom stereocenters. The molecular weight excluding hydrogens is 325 g/mol. The second kappa shape index (κ2) is 6.81. The lowest BCUT2D eigenvalue weighted by Gasteiger charge is -2.12. The Morgan fingerprint density at radius 2 is 2.09 bits per heavy atom. The van der Waals surface area contributed by atoms with Crippen LogP contribution in [0.2, 0.25) is 5.28 Å². The van der Waals surface area contributed by atoms with E-state index in [1.54, 1.807) is 6.33 Å². The molecule has 2 aromatic heterocycles. The second-order valence-electron chi connectivity index (χ2n) is 4.45. The summed E-state index contributed by atoms with van der Waals surface area (Å²) in [6.07, 6.45) is 2.32. The number of rotatable bonds is 6. The molecule has 3 aromatic rings. The van der Waals surface area contributed by atoms with Crippen LogP contribution in [0.1, 0.15) is 6.42 Å². The molecule has 6 nitrogen and oxygen atoms in total. The molecule has 0 fully saturated rings. The molecule has 0 aliphatic rings. The average molecular weight is 338 g/mol. The van der Waals surface area contributed by atoms with Crippen molar-refractivity contribution in [3.8, 4) is 5.75 Å². The molecule has 0 atom stereocenters. The topological polar surface area (TPSA) is 75.7 Å². The van der Waals surface area contributed by atoms with Crippen molar-refractivity contribution in [2.45, 2.75) is 6.42 Å². The van der Waals surface area contributed by atoms with Crippen LogP contribution in [0.4, 0.5) is 11.5 Å². The zero-order valence-electron chi connectivity index (χ0n) is 11.5. The van der Waals surface area contributed by atoms with Crippen molar-refractivity contribution >= 4 is 45.9 Å². The minimum absolute atomic E-state index is 0.127. The summed E-state index contributed by atoms with van der Waals surface area (Å²) in [5.74, 6) is 1.82. The maximum atomic E-state index is 5.93. The summed E-state index contributed by atoms with van der Waals surface area (Å²) in [4.78, 5) is 15.3. The lowest BCUT2D eigenvalue weighted by Crippen LogP contribution is -2.02. The molecule has 1 aromatic carbocycles. The highest BCUT2D eigenvalue weighted by Gasteiger charge is 2.11. The number of hydrogen-bond acceptors (Lipinski definition) is 5. The van der Waals surface area contributed by atoms with Crippen molar-refractivity contribution in [1.82, 2.24) is 19.9 Å². The highest BCUT2D eigenvalue weighted by molar-refractivity contribution is 6.28. The summed E-state index contributed by atoms with van der Waals surface area (Å²) in [5.41, 5.74) is 1.96. The zero-order valence-corrected chi connectivity index (χ0v) is 13.0. The molecular formula is C14H13Cl2N5O. The molecule has 2 heterocycles. The molecule has 0 amide bonds. The third-order valence-electron chi connectivity index (χ3n) is 2.93. The third-order valence-corrected chi connectivity index (χ3v) is 3.37. The molecule has 0 saturated heterocycles. The Labute approximate surface area is 136 Å². The van der Waals surface area contributed by atoms with E-state index < -0.39 is 0 Å². The first-order valence-corrected chi connectivity index (χ1v) is 7.60. The van der Waals surface area contributed by atoms with Crippen molar-refractivity contribution in [2.75, 3.05) is 17.8 Å². The standard InChI is InChI=1S/C14H13Cl2N5O/c15-6-3-7-22-10-5-2-1-4-9(10)19-13-11-12(18-8-17-11)20-14(16)21-13/h1-2,4-5,8H,3,6-7H2,(H2,17,18,19,20,21). The van der Waals surface area contributed by atoms with Crippen LogP contribution in [0.15, 0.2) is 30.6 Å². The zero-order chi connectivity index (χ0) is 15.4. The van der Waals surface area contributed by atoms with Crippen molar-refractivity contribution in [2.24, 2.45) is 0 Å². The number of nitrogens with zero attached hydrogens (tertiary/aromatic N) is 3. The molecule has 8 heteroatoms. The molecule has 0 aliphatic heterocycles. The van der Waals surface area contributed by atoms with Crippen LogP contribution in [-0.4, -0.2) is 32.4 Å². The van der Waals surface area contributed by atoms with E-state index in [-0.39, 0.29) is 5.28 Å². The van der Waals surface area contributed by atoms with E-state index in [4.69, 9.17) is 27.9 Å². The molecule has 2 N–H and O–H groups in total. The van der Waals surface area contributed by atoms with E-state index in [9.17, 15) is 0 Å². The van der Waals surface area contributed by atoms with Gasteiger partial charge in [-0.05, 0) is 30.2 Å². The fraction of sp³-hybridized carbons (Fsp3) is 0.214. The number of fused-ring (bicyclic) bond motifs is 1. The Morgan fingerprint density at radius 1 is 1.23 bits per heavy atom. The molecule has 22 heavy (non-hydrogen) atoms. The minimum atomic E-state index is 0.127. The Balaban J connectivity index is 1.90. The van der Waals surface area contributed by atoms with Gasteiger partial charge < -0.3 is 15.0 Å². The van der Waals surface area contributed by atoms with Gasteiger partial charge in [-0.2, -0.15) is 9.97 Å². The van der Waals surface area contributed by atoms with Crippen LogP contribution < -0.4 is 10.1 Å². The molecule has 0 spiro atoms. The van der Waals surface area contributed by atoms with E-state index in [2.05, 4.69) is 25.3 Å². The third kappa shape index (κ3) is 3.23. The minimum Gasteiger partial charge on any atom is -0.491 e. The van der Waals surface area contributed by atoms with Crippen LogP contribution in [0, 0.1) is 0 Å². The van der Waals surface area contributed by atoms with Crippen LogP contribution in [0.3, 0.4) is 0 Å². The van der Waals surface area contributed by atoms with E-state index in [1.807, 2.05) is 24.3 Å². The Hall–Kier alpha value is -2.05. The van der Waals surface area contributed by atoms with Gasteiger partial charge in [-0.3, -0.25) is 0 Å². The van der Waals surface area contributed by atoms with Crippen LogP contribution in [0.5, 0.6) is 5.75 Å². The number of benzene rings is 1. The number of imidazole rings is 1. The average Bonchev–Trinajstić information content (AvgIpc) is 2.97. The van der Waals surface area contributed by atoms with Gasteiger partial charge in [-0.1, -0.05) is 12.1 Å². The first-order valence-electron chi connectivity index (χ1n) is 6.69. The van der Waals surface area contributed by atoms with E-state index in [0.717, 1.165) is 17.9 Å². The lowest BCUT2D eigenvalue weighted by molar-refractivity contribution is 0.320. The molecule has 0 radical (unpaired) electrons. The van der Waals surface area contributed by atoms with E-state index >= 15 is 0 Å². The Kier molecular flexibility index (Phi) is 4.60. The van der Waals surface area contributed by atoms with Gasteiger partial charge >= 0.3 is 0 Å². The first-order chi connectivity index (χ1) is 10.8. The van der Waals surface area contributed by atoms with Gasteiger partial charge in [-0.15, -0.1) is 11.6 Å². The van der Waals surface area contributed by atoms with Gasteiger partial charge in [-0.25, -0.2) is 4.98 Å². The largest absolute Gasteiger partial charge is 0.491 e. The fourth-order valence-corrected chi connectivity index (χ4v) is 2.23. The summed E-state index contributed by atoms with van der Waals surface area (Å²) in [6.45, 7) is 0.548. The van der Waals surface area contributed by atoms with Gasteiger partial charge in [0, 0.05) is 5.88 Å². The van der Waals surface area contributed by atoms with Gasteiger partial charge in [0.15, 0.2) is 11.5 Å². The molecule has 0 aliphatic carbocycles. The fourth-order valence-electron chi connectivity index (χ4n) is 1.96. The number of aromatic amines is 1. The maximum Gasteiger partial charge on any atom is 0.226 e. The van der Waals surface area contributed by atoms with Crippen LogP contribution in [0.25, 0.3) is 11.2 Å². The van der Waals surface area contributed by atoms with E-state index in [0.29, 0.717) is 29.5 Å². The van der Waals surface area contributed by atoms with Crippen molar-refractivity contribution in [3.63, 3.8) is 0 Å². The van der Waals surface area contributed by atoms with Gasteiger partial charge in [0.05, 0.1) is 18.6 Å². The summed E-state index contributed by atoms with van der Waals surface area (Å²) in [5, 5.41) is 3.33. The highest BCUT2D eigenvalue weighted by Crippen LogP contribution is 2.29. The first kappa shape index (κ1) is 14.9. The number of alkyl halides is 1. The number of ether oxygens (including phenoxy) is 1. The SMILES string of the molecule is ClCCCOc1ccccc1Nc1nc(Cl)nc2nc[nH]c12. The predicted octanol–water partition coefficient (Wildman–Crippen LogP) is 3.76. The smallest absolute Gasteiger partial charge is 0.226 e. The predicted molar refractivity (Wildman–Crippen MR) is 87.3 cm³/mol. The number of anilines is 2. The van der Waals surface area contributed by atoms with E-state index in [1.165, 1.54) is 0 Å². The van der Waals surface area contributed by atoms with Gasteiger partial charge in [0.2, 0.25) is 5.28 Å². The Bertz CT molecular complexity index is 777. The molecule has 0 bridgehead atoms. The number of aromatic nitrogens is 4. The van der Waals surface area contributed by atoms with Crippen LogP contribution >= 0.6 is 23.2 Å². The molecule has 114 valence electrons. The number of halogens is 2.